The summed E-state index contributed by atoms with van der Waals surface area (Å²) in [6, 6.07) is 17.5. The van der Waals surface area contributed by atoms with Crippen LogP contribution in [0.25, 0.3) is 10.9 Å². The highest BCUT2D eigenvalue weighted by atomic mass is 15.3. The van der Waals surface area contributed by atoms with Crippen LogP contribution in [0.1, 0.15) is 12.5 Å². The first-order chi connectivity index (χ1) is 13.2. The molecule has 1 N–H and O–H groups in total. The molecule has 0 radical (unpaired) electrons. The largest absolute Gasteiger partial charge is 0.369 e. The summed E-state index contributed by atoms with van der Waals surface area (Å²) < 4.78 is 0. The Morgan fingerprint density at radius 2 is 1.78 bits per heavy atom. The molecule has 1 unspecified atom stereocenters. The van der Waals surface area contributed by atoms with E-state index in [1.807, 2.05) is 0 Å². The lowest BCUT2D eigenvalue weighted by Crippen LogP contribution is -2.51. The summed E-state index contributed by atoms with van der Waals surface area (Å²) in [5, 5.41) is 4.63. The zero-order valence-electron chi connectivity index (χ0n) is 16.1. The molecule has 4 rings (SSSR count). The summed E-state index contributed by atoms with van der Waals surface area (Å²) >= 11 is 0. The van der Waals surface area contributed by atoms with Crippen LogP contribution in [0.4, 0.5) is 11.5 Å². The van der Waals surface area contributed by atoms with Crippen molar-refractivity contribution in [2.45, 2.75) is 19.9 Å². The third kappa shape index (κ3) is 4.03. The number of aryl methyl sites for hydroxylation is 1. The fourth-order valence-corrected chi connectivity index (χ4v) is 3.74. The molecule has 1 fully saturated rings. The summed E-state index contributed by atoms with van der Waals surface area (Å²) in [7, 11) is 0. The topological polar surface area (TPSA) is 44.3 Å². The third-order valence-electron chi connectivity index (χ3n) is 5.42. The van der Waals surface area contributed by atoms with Crippen molar-refractivity contribution in [3.63, 3.8) is 0 Å². The van der Waals surface area contributed by atoms with Crippen molar-refractivity contribution in [2.24, 2.45) is 0 Å². The zero-order chi connectivity index (χ0) is 18.6. The van der Waals surface area contributed by atoms with Gasteiger partial charge in [0.25, 0.3) is 0 Å². The van der Waals surface area contributed by atoms with E-state index in [9.17, 15) is 0 Å². The van der Waals surface area contributed by atoms with E-state index in [1.165, 1.54) is 11.3 Å². The predicted molar refractivity (Wildman–Crippen MR) is 112 cm³/mol. The molecule has 1 aliphatic rings. The van der Waals surface area contributed by atoms with Crippen molar-refractivity contribution in [1.82, 2.24) is 14.9 Å². The molecule has 1 aliphatic heterocycles. The lowest BCUT2D eigenvalue weighted by atomic mass is 10.1. The van der Waals surface area contributed by atoms with E-state index < -0.39 is 0 Å². The highest BCUT2D eigenvalue weighted by Gasteiger charge is 2.21. The molecular formula is C22H27N5. The second-order valence-electron chi connectivity index (χ2n) is 7.33. The highest BCUT2D eigenvalue weighted by molar-refractivity contribution is 5.89. The molecule has 2 heterocycles. The number of aromatic nitrogens is 2. The molecule has 27 heavy (non-hydrogen) atoms. The van der Waals surface area contributed by atoms with Gasteiger partial charge >= 0.3 is 0 Å². The molecule has 1 saturated heterocycles. The van der Waals surface area contributed by atoms with E-state index >= 15 is 0 Å². The molecule has 0 amide bonds. The van der Waals surface area contributed by atoms with Crippen molar-refractivity contribution in [2.75, 3.05) is 42.9 Å². The van der Waals surface area contributed by atoms with Crippen LogP contribution in [0.15, 0.2) is 54.9 Å². The Morgan fingerprint density at radius 3 is 2.56 bits per heavy atom. The van der Waals surface area contributed by atoms with E-state index in [-0.39, 0.29) is 0 Å². The molecule has 140 valence electrons. The summed E-state index contributed by atoms with van der Waals surface area (Å²) in [6.07, 6.45) is 1.65. The van der Waals surface area contributed by atoms with E-state index in [0.29, 0.717) is 6.04 Å². The van der Waals surface area contributed by atoms with Crippen LogP contribution in [-0.2, 0) is 0 Å². The van der Waals surface area contributed by atoms with Gasteiger partial charge in [-0.15, -0.1) is 0 Å². The number of para-hydroxylation sites is 1. The monoisotopic (exact) mass is 361 g/mol. The fraction of sp³-hybridized carbons (Fsp3) is 0.364. The predicted octanol–water partition coefficient (Wildman–Crippen LogP) is 3.56. The summed E-state index contributed by atoms with van der Waals surface area (Å²) in [6.45, 7) is 9.58. The van der Waals surface area contributed by atoms with Crippen molar-refractivity contribution < 1.29 is 0 Å². The molecule has 0 spiro atoms. The molecule has 2 aromatic carbocycles. The Kier molecular flexibility index (Phi) is 5.21. The van der Waals surface area contributed by atoms with Gasteiger partial charge in [0.15, 0.2) is 0 Å². The first kappa shape index (κ1) is 17.7. The molecule has 0 aliphatic carbocycles. The van der Waals surface area contributed by atoms with E-state index in [0.717, 1.165) is 49.4 Å². The number of hydrogen-bond acceptors (Lipinski definition) is 5. The Hall–Kier alpha value is -2.66. The van der Waals surface area contributed by atoms with Gasteiger partial charge in [-0.3, -0.25) is 4.90 Å². The molecular weight excluding hydrogens is 334 g/mol. The van der Waals surface area contributed by atoms with E-state index in [1.54, 1.807) is 6.33 Å². The van der Waals surface area contributed by atoms with E-state index in [4.69, 9.17) is 0 Å². The average Bonchev–Trinajstić information content (AvgIpc) is 2.72. The highest BCUT2D eigenvalue weighted by Crippen LogP contribution is 2.21. The minimum absolute atomic E-state index is 0.457. The zero-order valence-corrected chi connectivity index (χ0v) is 16.1. The van der Waals surface area contributed by atoms with Crippen LogP contribution >= 0.6 is 0 Å². The second-order valence-corrected chi connectivity index (χ2v) is 7.33. The normalized spacial score (nSPS) is 16.4. The van der Waals surface area contributed by atoms with E-state index in [2.05, 4.69) is 87.5 Å². The Labute approximate surface area is 161 Å². The van der Waals surface area contributed by atoms with Gasteiger partial charge in [-0.25, -0.2) is 9.97 Å². The number of anilines is 2. The van der Waals surface area contributed by atoms with Gasteiger partial charge in [0.2, 0.25) is 0 Å². The molecule has 1 aromatic heterocycles. The van der Waals surface area contributed by atoms with Crippen LogP contribution in [-0.4, -0.2) is 53.6 Å². The Balaban J connectivity index is 1.35. The minimum atomic E-state index is 0.457. The fourth-order valence-electron chi connectivity index (χ4n) is 3.74. The molecule has 0 saturated carbocycles. The summed E-state index contributed by atoms with van der Waals surface area (Å²) in [4.78, 5) is 13.9. The van der Waals surface area contributed by atoms with Crippen molar-refractivity contribution >= 4 is 22.4 Å². The average molecular weight is 361 g/mol. The number of fused-ring (bicyclic) bond motifs is 1. The van der Waals surface area contributed by atoms with Crippen LogP contribution in [0, 0.1) is 6.92 Å². The molecule has 1 atom stereocenters. The lowest BCUT2D eigenvalue weighted by molar-refractivity contribution is 0.204. The number of hydrogen-bond donors (Lipinski definition) is 1. The summed E-state index contributed by atoms with van der Waals surface area (Å²) in [5.41, 5.74) is 3.54. The van der Waals surface area contributed by atoms with Gasteiger partial charge in [0.1, 0.15) is 12.1 Å². The van der Waals surface area contributed by atoms with Gasteiger partial charge in [-0.2, -0.15) is 0 Å². The molecule has 5 nitrogen and oxygen atoms in total. The second kappa shape index (κ2) is 7.92. The summed E-state index contributed by atoms with van der Waals surface area (Å²) in [5.74, 6) is 0.926. The van der Waals surface area contributed by atoms with Crippen LogP contribution in [0.3, 0.4) is 0 Å². The van der Waals surface area contributed by atoms with Gasteiger partial charge < -0.3 is 10.2 Å². The maximum Gasteiger partial charge on any atom is 0.137 e. The van der Waals surface area contributed by atoms with Crippen molar-refractivity contribution in [3.05, 3.63) is 60.4 Å². The smallest absolute Gasteiger partial charge is 0.137 e. The Bertz CT molecular complexity index is 888. The number of rotatable bonds is 5. The van der Waals surface area contributed by atoms with Crippen molar-refractivity contribution in [3.8, 4) is 0 Å². The van der Waals surface area contributed by atoms with Gasteiger partial charge in [-0.05, 0) is 43.7 Å². The number of nitrogens with zero attached hydrogens (tertiary/aromatic N) is 4. The standard InChI is InChI=1S/C22H27N5/c1-17-8-9-20-21(14-17)24-16-25-22(20)23-15-18(2)26-10-12-27(13-11-26)19-6-4-3-5-7-19/h3-9,14,16,18H,10-13,15H2,1-2H3,(H,23,24,25). The molecule has 3 aromatic rings. The van der Waals surface area contributed by atoms with Gasteiger partial charge in [0.05, 0.1) is 5.52 Å². The quantitative estimate of drug-likeness (QED) is 0.753. The van der Waals surface area contributed by atoms with Crippen LogP contribution < -0.4 is 10.2 Å². The van der Waals surface area contributed by atoms with Crippen LogP contribution in [0.2, 0.25) is 0 Å². The number of nitrogens with one attached hydrogen (secondary N) is 1. The first-order valence-electron chi connectivity index (χ1n) is 9.70. The third-order valence-corrected chi connectivity index (χ3v) is 5.42. The van der Waals surface area contributed by atoms with Crippen molar-refractivity contribution in [1.29, 1.82) is 0 Å². The first-order valence-corrected chi connectivity index (χ1v) is 9.70. The molecule has 0 bridgehead atoms. The maximum absolute atomic E-state index is 4.46. The van der Waals surface area contributed by atoms with Crippen LogP contribution in [0.5, 0.6) is 0 Å². The Morgan fingerprint density at radius 1 is 1.00 bits per heavy atom. The SMILES string of the molecule is Cc1ccc2c(NCC(C)N3CCN(c4ccccc4)CC3)ncnc2c1. The lowest BCUT2D eigenvalue weighted by Gasteiger charge is -2.39. The maximum atomic E-state index is 4.46. The number of piperazine rings is 1. The van der Waals surface area contributed by atoms with Gasteiger partial charge in [0, 0.05) is 49.8 Å². The number of benzene rings is 2. The molecule has 5 heteroatoms. The minimum Gasteiger partial charge on any atom is -0.369 e. The van der Waals surface area contributed by atoms with Gasteiger partial charge in [-0.1, -0.05) is 24.3 Å².